The first kappa shape index (κ1) is 15.4. The fraction of sp³-hybridized carbons (Fsp3) is 0.176. The Hall–Kier alpha value is -3.00. The molecule has 0 atom stereocenters. The van der Waals surface area contributed by atoms with Crippen molar-refractivity contribution >= 4 is 0 Å². The van der Waals surface area contributed by atoms with Crippen LogP contribution in [0, 0.1) is 11.8 Å². The van der Waals surface area contributed by atoms with Gasteiger partial charge in [-0.1, -0.05) is 11.8 Å². The summed E-state index contributed by atoms with van der Waals surface area (Å²) in [5.41, 5.74) is 1.18. The molecule has 2 N–H and O–H groups in total. The van der Waals surface area contributed by atoms with Crippen molar-refractivity contribution in [3.63, 3.8) is 0 Å². The topological polar surface area (TPSA) is 68.2 Å². The lowest BCUT2D eigenvalue weighted by atomic mass is 10.1. The standard InChI is InChI=1S/C17H16O5/c1-20-15-7-6-11(10-16(15)21-2)4-5-12-8-13(18)17(22-3)14(19)9-12/h6-10,18-19H,1-3H3. The van der Waals surface area contributed by atoms with Gasteiger partial charge >= 0.3 is 0 Å². The van der Waals surface area contributed by atoms with Gasteiger partial charge in [-0.05, 0) is 30.3 Å². The van der Waals surface area contributed by atoms with E-state index in [0.29, 0.717) is 22.6 Å². The van der Waals surface area contributed by atoms with Gasteiger partial charge in [0.2, 0.25) is 5.75 Å². The lowest BCUT2D eigenvalue weighted by Gasteiger charge is -2.07. The molecule has 0 spiro atoms. The van der Waals surface area contributed by atoms with Crippen LogP contribution >= 0.6 is 0 Å². The van der Waals surface area contributed by atoms with Gasteiger partial charge in [0.15, 0.2) is 23.0 Å². The van der Waals surface area contributed by atoms with Gasteiger partial charge < -0.3 is 24.4 Å². The molecule has 5 heteroatoms. The largest absolute Gasteiger partial charge is 0.504 e. The first-order chi connectivity index (χ1) is 10.6. The maximum Gasteiger partial charge on any atom is 0.202 e. The number of methoxy groups -OCH3 is 3. The van der Waals surface area contributed by atoms with E-state index in [9.17, 15) is 10.2 Å². The second-order valence-corrected chi connectivity index (χ2v) is 4.37. The third-order valence-corrected chi connectivity index (χ3v) is 2.99. The Balaban J connectivity index is 2.34. The molecule has 0 saturated heterocycles. The van der Waals surface area contributed by atoms with E-state index < -0.39 is 0 Å². The molecule has 0 unspecified atom stereocenters. The summed E-state index contributed by atoms with van der Waals surface area (Å²) in [6.07, 6.45) is 0. The van der Waals surface area contributed by atoms with Gasteiger partial charge in [-0.2, -0.15) is 0 Å². The highest BCUT2D eigenvalue weighted by atomic mass is 16.5. The average Bonchev–Trinajstić information content (AvgIpc) is 2.52. The van der Waals surface area contributed by atoms with E-state index in [1.807, 2.05) is 0 Å². The van der Waals surface area contributed by atoms with Crippen molar-refractivity contribution in [3.8, 4) is 40.6 Å². The SMILES string of the molecule is COc1ccc(C#Cc2cc(O)c(OC)c(O)c2)cc1OC. The lowest BCUT2D eigenvalue weighted by molar-refractivity contribution is 0.344. The molecule has 114 valence electrons. The molecular formula is C17H16O5. The molecule has 22 heavy (non-hydrogen) atoms. The monoisotopic (exact) mass is 300 g/mol. The number of hydrogen-bond donors (Lipinski definition) is 2. The van der Waals surface area contributed by atoms with Crippen LogP contribution in [0.1, 0.15) is 11.1 Å². The van der Waals surface area contributed by atoms with Gasteiger partial charge in [-0.15, -0.1) is 0 Å². The van der Waals surface area contributed by atoms with Crippen molar-refractivity contribution in [2.24, 2.45) is 0 Å². The number of ether oxygens (including phenoxy) is 3. The van der Waals surface area contributed by atoms with Crippen LogP contribution in [0.3, 0.4) is 0 Å². The van der Waals surface area contributed by atoms with Gasteiger partial charge in [-0.25, -0.2) is 0 Å². The first-order valence-corrected chi connectivity index (χ1v) is 6.43. The number of rotatable bonds is 3. The summed E-state index contributed by atoms with van der Waals surface area (Å²) in [7, 11) is 4.48. The second kappa shape index (κ2) is 6.64. The summed E-state index contributed by atoms with van der Waals surface area (Å²) >= 11 is 0. The van der Waals surface area contributed by atoms with Crippen LogP contribution in [-0.4, -0.2) is 31.5 Å². The zero-order valence-corrected chi connectivity index (χ0v) is 12.5. The maximum absolute atomic E-state index is 9.73. The Morgan fingerprint density at radius 2 is 1.32 bits per heavy atom. The third kappa shape index (κ3) is 3.18. The second-order valence-electron chi connectivity index (χ2n) is 4.37. The molecule has 0 saturated carbocycles. The van der Waals surface area contributed by atoms with Crippen LogP contribution < -0.4 is 14.2 Å². The van der Waals surface area contributed by atoms with E-state index in [-0.39, 0.29) is 17.2 Å². The quantitative estimate of drug-likeness (QED) is 0.853. The highest BCUT2D eigenvalue weighted by Crippen LogP contribution is 2.36. The van der Waals surface area contributed by atoms with Crippen molar-refractivity contribution in [1.29, 1.82) is 0 Å². The molecule has 0 aliphatic carbocycles. The van der Waals surface area contributed by atoms with Crippen molar-refractivity contribution in [2.45, 2.75) is 0 Å². The number of aromatic hydroxyl groups is 2. The number of hydrogen-bond acceptors (Lipinski definition) is 5. The Morgan fingerprint density at radius 1 is 0.727 bits per heavy atom. The molecule has 0 radical (unpaired) electrons. The zero-order valence-electron chi connectivity index (χ0n) is 12.5. The smallest absolute Gasteiger partial charge is 0.202 e. The number of phenolic OH excluding ortho intramolecular Hbond substituents is 2. The van der Waals surface area contributed by atoms with Crippen LogP contribution in [0.25, 0.3) is 0 Å². The molecule has 5 nitrogen and oxygen atoms in total. The van der Waals surface area contributed by atoms with Crippen LogP contribution in [0.5, 0.6) is 28.7 Å². The minimum Gasteiger partial charge on any atom is -0.504 e. The van der Waals surface area contributed by atoms with Crippen LogP contribution in [-0.2, 0) is 0 Å². The Labute approximate surface area is 128 Å². The molecule has 2 aromatic carbocycles. The molecule has 2 rings (SSSR count). The van der Waals surface area contributed by atoms with Crippen LogP contribution in [0.4, 0.5) is 0 Å². The molecule has 0 fully saturated rings. The molecule has 0 aliphatic heterocycles. The Morgan fingerprint density at radius 3 is 1.86 bits per heavy atom. The molecule has 0 aromatic heterocycles. The molecule has 0 bridgehead atoms. The number of benzene rings is 2. The Bertz CT molecular complexity index is 717. The molecule has 0 heterocycles. The van der Waals surface area contributed by atoms with E-state index in [1.54, 1.807) is 32.4 Å². The van der Waals surface area contributed by atoms with Crippen molar-refractivity contribution in [2.75, 3.05) is 21.3 Å². The fourth-order valence-electron chi connectivity index (χ4n) is 1.94. The maximum atomic E-state index is 9.73. The van der Waals surface area contributed by atoms with Crippen molar-refractivity contribution in [1.82, 2.24) is 0 Å². The van der Waals surface area contributed by atoms with E-state index in [1.165, 1.54) is 19.2 Å². The van der Waals surface area contributed by atoms with Crippen molar-refractivity contribution in [3.05, 3.63) is 41.5 Å². The Kier molecular flexibility index (Phi) is 4.64. The summed E-state index contributed by atoms with van der Waals surface area (Å²) in [4.78, 5) is 0. The van der Waals surface area contributed by atoms with Crippen LogP contribution in [0.15, 0.2) is 30.3 Å². The average molecular weight is 300 g/mol. The van der Waals surface area contributed by atoms with Gasteiger partial charge in [-0.3, -0.25) is 0 Å². The molecule has 2 aromatic rings. The highest BCUT2D eigenvalue weighted by molar-refractivity contribution is 5.57. The normalized spacial score (nSPS) is 9.59. The van der Waals surface area contributed by atoms with Gasteiger partial charge in [0, 0.05) is 11.1 Å². The fourth-order valence-corrected chi connectivity index (χ4v) is 1.94. The van der Waals surface area contributed by atoms with E-state index in [2.05, 4.69) is 11.8 Å². The van der Waals surface area contributed by atoms with E-state index in [0.717, 1.165) is 0 Å². The first-order valence-electron chi connectivity index (χ1n) is 6.43. The molecular weight excluding hydrogens is 284 g/mol. The highest BCUT2D eigenvalue weighted by Gasteiger charge is 2.09. The van der Waals surface area contributed by atoms with E-state index >= 15 is 0 Å². The zero-order chi connectivity index (χ0) is 16.1. The molecule has 0 aliphatic rings. The molecule has 0 amide bonds. The van der Waals surface area contributed by atoms with Gasteiger partial charge in [0.05, 0.1) is 21.3 Å². The summed E-state index contributed by atoms with van der Waals surface area (Å²) < 4.78 is 15.2. The predicted octanol–water partition coefficient (Wildman–Crippen LogP) is 2.52. The predicted molar refractivity (Wildman–Crippen MR) is 81.8 cm³/mol. The lowest BCUT2D eigenvalue weighted by Crippen LogP contribution is -1.90. The van der Waals surface area contributed by atoms with Crippen LogP contribution in [0.2, 0.25) is 0 Å². The summed E-state index contributed by atoms with van der Waals surface area (Å²) in [6.45, 7) is 0. The summed E-state index contributed by atoms with van der Waals surface area (Å²) in [6, 6.07) is 8.14. The van der Waals surface area contributed by atoms with E-state index in [4.69, 9.17) is 14.2 Å². The minimum atomic E-state index is -0.167. The summed E-state index contributed by atoms with van der Waals surface area (Å²) in [5.74, 6) is 6.68. The van der Waals surface area contributed by atoms with Gasteiger partial charge in [0.25, 0.3) is 0 Å². The summed E-state index contributed by atoms with van der Waals surface area (Å²) in [5, 5.41) is 19.5. The van der Waals surface area contributed by atoms with Crippen molar-refractivity contribution < 1.29 is 24.4 Å². The number of phenols is 2. The third-order valence-electron chi connectivity index (χ3n) is 2.99. The minimum absolute atomic E-state index is 0.0247. The van der Waals surface area contributed by atoms with Gasteiger partial charge in [0.1, 0.15) is 0 Å².